The molecule has 1 aromatic carbocycles. The summed E-state index contributed by atoms with van der Waals surface area (Å²) in [5, 5.41) is 4.50. The Hall–Kier alpha value is -2.17. The summed E-state index contributed by atoms with van der Waals surface area (Å²) in [6, 6.07) is 7.45. The molecular formula is C15H21N3O2. The normalized spacial score (nSPS) is 10.6. The third kappa shape index (κ3) is 3.04. The zero-order chi connectivity index (χ0) is 14.5. The first-order valence-electron chi connectivity index (χ1n) is 6.79. The van der Waals surface area contributed by atoms with Gasteiger partial charge < -0.3 is 15.2 Å². The lowest BCUT2D eigenvalue weighted by Crippen LogP contribution is -2.06. The Bertz CT molecular complexity index is 578. The standard InChI is InChI=1S/C15H21N3O2/c1-4-12-9-13(18(5-2)17-12)10-20-14-7-6-11(16)8-15(14)19-3/h6-9H,4-5,10,16H2,1-3H3. The van der Waals surface area contributed by atoms with Crippen molar-refractivity contribution in [3.05, 3.63) is 35.7 Å². The fourth-order valence-corrected chi connectivity index (χ4v) is 2.03. The van der Waals surface area contributed by atoms with E-state index in [4.69, 9.17) is 15.2 Å². The average Bonchev–Trinajstić information content (AvgIpc) is 2.88. The zero-order valence-corrected chi connectivity index (χ0v) is 12.2. The lowest BCUT2D eigenvalue weighted by atomic mass is 10.3. The molecule has 108 valence electrons. The predicted octanol–water partition coefficient (Wildman–Crippen LogP) is 2.64. The number of benzene rings is 1. The van der Waals surface area contributed by atoms with Crippen LogP contribution < -0.4 is 15.2 Å². The summed E-state index contributed by atoms with van der Waals surface area (Å²) < 4.78 is 13.1. The largest absolute Gasteiger partial charge is 0.493 e. The van der Waals surface area contributed by atoms with E-state index < -0.39 is 0 Å². The van der Waals surface area contributed by atoms with Gasteiger partial charge in [0.05, 0.1) is 18.5 Å². The predicted molar refractivity (Wildman–Crippen MR) is 79.0 cm³/mol. The Balaban J connectivity index is 2.14. The number of nitrogens with zero attached hydrogens (tertiary/aromatic N) is 2. The first-order valence-corrected chi connectivity index (χ1v) is 6.79. The third-order valence-corrected chi connectivity index (χ3v) is 3.14. The Morgan fingerprint density at radius 3 is 2.65 bits per heavy atom. The van der Waals surface area contributed by atoms with Gasteiger partial charge in [-0.1, -0.05) is 6.92 Å². The number of nitrogen functional groups attached to an aromatic ring is 1. The van der Waals surface area contributed by atoms with E-state index in [9.17, 15) is 0 Å². The van der Waals surface area contributed by atoms with Gasteiger partial charge in [0.15, 0.2) is 11.5 Å². The molecule has 5 heteroatoms. The van der Waals surface area contributed by atoms with Crippen LogP contribution in [0.25, 0.3) is 0 Å². The molecule has 0 saturated carbocycles. The number of aromatic nitrogens is 2. The van der Waals surface area contributed by atoms with Crippen molar-refractivity contribution in [3.63, 3.8) is 0 Å². The Morgan fingerprint density at radius 2 is 2.00 bits per heavy atom. The fourth-order valence-electron chi connectivity index (χ4n) is 2.03. The number of hydrogen-bond acceptors (Lipinski definition) is 4. The molecule has 1 heterocycles. The molecule has 0 saturated heterocycles. The number of hydrogen-bond donors (Lipinski definition) is 1. The van der Waals surface area contributed by atoms with Crippen LogP contribution in [0.3, 0.4) is 0 Å². The van der Waals surface area contributed by atoms with Crippen molar-refractivity contribution >= 4 is 5.69 Å². The second-order valence-corrected chi connectivity index (χ2v) is 4.50. The van der Waals surface area contributed by atoms with Crippen molar-refractivity contribution in [1.29, 1.82) is 0 Å². The molecule has 0 aliphatic heterocycles. The van der Waals surface area contributed by atoms with Crippen LogP contribution in [0.15, 0.2) is 24.3 Å². The van der Waals surface area contributed by atoms with E-state index in [1.54, 1.807) is 19.2 Å². The highest BCUT2D eigenvalue weighted by molar-refractivity contribution is 5.51. The molecule has 20 heavy (non-hydrogen) atoms. The van der Waals surface area contributed by atoms with Gasteiger partial charge in [-0.3, -0.25) is 4.68 Å². The van der Waals surface area contributed by atoms with E-state index in [0.717, 1.165) is 24.4 Å². The van der Waals surface area contributed by atoms with Crippen LogP contribution in [0, 0.1) is 0 Å². The first-order chi connectivity index (χ1) is 9.67. The minimum Gasteiger partial charge on any atom is -0.493 e. The number of ether oxygens (including phenoxy) is 2. The molecule has 2 N–H and O–H groups in total. The molecule has 0 spiro atoms. The molecule has 0 aliphatic carbocycles. The van der Waals surface area contributed by atoms with Crippen LogP contribution >= 0.6 is 0 Å². The van der Waals surface area contributed by atoms with Crippen molar-refractivity contribution in [2.45, 2.75) is 33.4 Å². The molecule has 0 atom stereocenters. The smallest absolute Gasteiger partial charge is 0.162 e. The number of anilines is 1. The van der Waals surface area contributed by atoms with Crippen molar-refractivity contribution in [1.82, 2.24) is 9.78 Å². The summed E-state index contributed by atoms with van der Waals surface area (Å²) in [7, 11) is 1.60. The molecule has 2 rings (SSSR count). The lowest BCUT2D eigenvalue weighted by Gasteiger charge is -2.11. The highest BCUT2D eigenvalue weighted by Gasteiger charge is 2.09. The minimum absolute atomic E-state index is 0.459. The van der Waals surface area contributed by atoms with E-state index in [1.165, 1.54) is 0 Å². The van der Waals surface area contributed by atoms with Gasteiger partial charge in [0.25, 0.3) is 0 Å². The number of rotatable bonds is 6. The first kappa shape index (κ1) is 14.2. The van der Waals surface area contributed by atoms with E-state index in [-0.39, 0.29) is 0 Å². The number of methoxy groups -OCH3 is 1. The van der Waals surface area contributed by atoms with Crippen LogP contribution in [0.2, 0.25) is 0 Å². The Morgan fingerprint density at radius 1 is 1.20 bits per heavy atom. The van der Waals surface area contributed by atoms with Gasteiger partial charge in [0.1, 0.15) is 6.61 Å². The fraction of sp³-hybridized carbons (Fsp3) is 0.400. The third-order valence-electron chi connectivity index (χ3n) is 3.14. The second kappa shape index (κ2) is 6.32. The van der Waals surface area contributed by atoms with Crippen LogP contribution in [0.4, 0.5) is 5.69 Å². The van der Waals surface area contributed by atoms with Gasteiger partial charge >= 0.3 is 0 Å². The van der Waals surface area contributed by atoms with E-state index in [2.05, 4.69) is 25.0 Å². The van der Waals surface area contributed by atoms with E-state index in [1.807, 2.05) is 10.7 Å². The highest BCUT2D eigenvalue weighted by atomic mass is 16.5. The summed E-state index contributed by atoms with van der Waals surface area (Å²) >= 11 is 0. The molecule has 0 bridgehead atoms. The summed E-state index contributed by atoms with van der Waals surface area (Å²) in [6.45, 7) is 5.45. The monoisotopic (exact) mass is 275 g/mol. The van der Waals surface area contributed by atoms with Gasteiger partial charge in [0.2, 0.25) is 0 Å². The van der Waals surface area contributed by atoms with Crippen molar-refractivity contribution in [2.24, 2.45) is 0 Å². The van der Waals surface area contributed by atoms with E-state index in [0.29, 0.717) is 23.8 Å². The maximum atomic E-state index is 5.83. The van der Waals surface area contributed by atoms with Crippen molar-refractivity contribution < 1.29 is 9.47 Å². The van der Waals surface area contributed by atoms with Crippen molar-refractivity contribution in [3.8, 4) is 11.5 Å². The molecular weight excluding hydrogens is 254 g/mol. The topological polar surface area (TPSA) is 62.3 Å². The summed E-state index contributed by atoms with van der Waals surface area (Å²) in [5.41, 5.74) is 8.52. The zero-order valence-electron chi connectivity index (χ0n) is 12.2. The molecule has 0 fully saturated rings. The lowest BCUT2D eigenvalue weighted by molar-refractivity contribution is 0.274. The summed E-state index contributed by atoms with van der Waals surface area (Å²) in [6.07, 6.45) is 0.922. The number of aryl methyl sites for hydroxylation is 2. The maximum absolute atomic E-state index is 5.83. The Kier molecular flexibility index (Phi) is 4.50. The van der Waals surface area contributed by atoms with Gasteiger partial charge in [-0.2, -0.15) is 5.10 Å². The van der Waals surface area contributed by atoms with Crippen molar-refractivity contribution in [2.75, 3.05) is 12.8 Å². The molecule has 0 aliphatic rings. The average molecular weight is 275 g/mol. The maximum Gasteiger partial charge on any atom is 0.162 e. The van der Waals surface area contributed by atoms with Gasteiger partial charge in [-0.25, -0.2) is 0 Å². The minimum atomic E-state index is 0.459. The van der Waals surface area contributed by atoms with Gasteiger partial charge in [-0.05, 0) is 31.5 Å². The number of nitrogens with two attached hydrogens (primary N) is 1. The van der Waals surface area contributed by atoms with Crippen LogP contribution in [0.5, 0.6) is 11.5 Å². The summed E-state index contributed by atoms with van der Waals surface area (Å²) in [5.74, 6) is 1.33. The van der Waals surface area contributed by atoms with E-state index >= 15 is 0 Å². The second-order valence-electron chi connectivity index (χ2n) is 4.50. The SMILES string of the molecule is CCc1cc(COc2ccc(N)cc2OC)n(CC)n1. The van der Waals surface area contributed by atoms with Gasteiger partial charge in [0, 0.05) is 18.3 Å². The van der Waals surface area contributed by atoms with Crippen LogP contribution in [-0.2, 0) is 19.6 Å². The highest BCUT2D eigenvalue weighted by Crippen LogP contribution is 2.29. The van der Waals surface area contributed by atoms with Gasteiger partial charge in [-0.15, -0.1) is 0 Å². The molecule has 5 nitrogen and oxygen atoms in total. The quantitative estimate of drug-likeness (QED) is 0.823. The Labute approximate surface area is 119 Å². The molecule has 2 aromatic rings. The summed E-state index contributed by atoms with van der Waals surface area (Å²) in [4.78, 5) is 0. The molecule has 0 radical (unpaired) electrons. The van der Waals surface area contributed by atoms with Crippen LogP contribution in [0.1, 0.15) is 25.2 Å². The molecule has 0 amide bonds. The van der Waals surface area contributed by atoms with Crippen LogP contribution in [-0.4, -0.2) is 16.9 Å². The molecule has 0 unspecified atom stereocenters. The molecule has 1 aromatic heterocycles.